The van der Waals surface area contributed by atoms with Crippen LogP contribution in [0, 0.1) is 5.92 Å². The fourth-order valence-corrected chi connectivity index (χ4v) is 2.80. The second-order valence-corrected chi connectivity index (χ2v) is 5.39. The maximum absolute atomic E-state index is 4.28. The Kier molecular flexibility index (Phi) is 4.06. The van der Waals surface area contributed by atoms with Gasteiger partial charge in [-0.05, 0) is 36.6 Å². The van der Waals surface area contributed by atoms with Gasteiger partial charge in [0.15, 0.2) is 0 Å². The molecule has 0 fully saturated rings. The number of aryl methyl sites for hydroxylation is 2. The lowest BCUT2D eigenvalue weighted by atomic mass is 9.99. The Morgan fingerprint density at radius 2 is 2.15 bits per heavy atom. The molecular formula is C15H21N5. The summed E-state index contributed by atoms with van der Waals surface area (Å²) in [7, 11) is 0. The van der Waals surface area contributed by atoms with Crippen molar-refractivity contribution in [1.29, 1.82) is 0 Å². The van der Waals surface area contributed by atoms with Gasteiger partial charge >= 0.3 is 0 Å². The van der Waals surface area contributed by atoms with Crippen LogP contribution < -0.4 is 5.32 Å². The maximum atomic E-state index is 4.28. The molecule has 2 aromatic heterocycles. The average molecular weight is 271 g/mol. The van der Waals surface area contributed by atoms with E-state index in [0.29, 0.717) is 5.92 Å². The van der Waals surface area contributed by atoms with E-state index in [0.717, 1.165) is 44.1 Å². The summed E-state index contributed by atoms with van der Waals surface area (Å²) in [5, 5.41) is 12.1. The van der Waals surface area contributed by atoms with Gasteiger partial charge in [0.2, 0.25) is 0 Å². The standard InChI is InChI=1S/C15H21N5/c1-2-14-18-19-15-4-3-13(11-20(14)15)10-17-9-12-5-7-16-8-6-12/h5-8,13,17H,2-4,9-11H2,1H3/t13-/m0/s1. The molecule has 0 aromatic carbocycles. The summed E-state index contributed by atoms with van der Waals surface area (Å²) < 4.78 is 2.31. The van der Waals surface area contributed by atoms with Crippen LogP contribution in [0.3, 0.4) is 0 Å². The molecule has 3 heterocycles. The Bertz CT molecular complexity index is 535. The molecule has 0 radical (unpaired) electrons. The zero-order chi connectivity index (χ0) is 13.8. The van der Waals surface area contributed by atoms with Gasteiger partial charge in [0, 0.05) is 38.3 Å². The van der Waals surface area contributed by atoms with E-state index in [1.54, 1.807) is 0 Å². The number of nitrogens with one attached hydrogen (secondary N) is 1. The highest BCUT2D eigenvalue weighted by Gasteiger charge is 2.21. The largest absolute Gasteiger partial charge is 0.315 e. The van der Waals surface area contributed by atoms with Gasteiger partial charge in [0.05, 0.1) is 0 Å². The zero-order valence-corrected chi connectivity index (χ0v) is 11.9. The Hall–Kier alpha value is -1.75. The molecule has 0 bridgehead atoms. The summed E-state index contributed by atoms with van der Waals surface area (Å²) in [6, 6.07) is 4.11. The van der Waals surface area contributed by atoms with Gasteiger partial charge in [-0.2, -0.15) is 0 Å². The van der Waals surface area contributed by atoms with E-state index in [-0.39, 0.29) is 0 Å². The molecule has 2 aromatic rings. The number of fused-ring (bicyclic) bond motifs is 1. The van der Waals surface area contributed by atoms with Gasteiger partial charge in [-0.25, -0.2) is 0 Å². The van der Waals surface area contributed by atoms with Crippen LogP contribution in [0.15, 0.2) is 24.5 Å². The minimum Gasteiger partial charge on any atom is -0.315 e. The van der Waals surface area contributed by atoms with Crippen molar-refractivity contribution in [2.24, 2.45) is 5.92 Å². The number of nitrogens with zero attached hydrogens (tertiary/aromatic N) is 4. The first-order chi connectivity index (χ1) is 9.86. The molecule has 0 spiro atoms. The lowest BCUT2D eigenvalue weighted by Gasteiger charge is -2.24. The molecule has 5 heteroatoms. The van der Waals surface area contributed by atoms with Crippen LogP contribution in [0.4, 0.5) is 0 Å². The highest BCUT2D eigenvalue weighted by atomic mass is 15.3. The van der Waals surface area contributed by atoms with Crippen LogP contribution in [0.2, 0.25) is 0 Å². The van der Waals surface area contributed by atoms with Crippen molar-refractivity contribution >= 4 is 0 Å². The summed E-state index contributed by atoms with van der Waals surface area (Å²) >= 11 is 0. The Balaban J connectivity index is 1.53. The van der Waals surface area contributed by atoms with E-state index in [1.807, 2.05) is 12.4 Å². The molecule has 0 aliphatic carbocycles. The van der Waals surface area contributed by atoms with Crippen molar-refractivity contribution < 1.29 is 0 Å². The average Bonchev–Trinajstić information content (AvgIpc) is 2.91. The van der Waals surface area contributed by atoms with Crippen LogP contribution in [0.25, 0.3) is 0 Å². The molecule has 0 unspecified atom stereocenters. The smallest absolute Gasteiger partial charge is 0.133 e. The van der Waals surface area contributed by atoms with Crippen molar-refractivity contribution in [3.63, 3.8) is 0 Å². The summed E-state index contributed by atoms with van der Waals surface area (Å²) in [6.07, 6.45) is 6.90. The second-order valence-electron chi connectivity index (χ2n) is 5.39. The Labute approximate surface area is 119 Å². The van der Waals surface area contributed by atoms with Crippen molar-refractivity contribution in [2.45, 2.75) is 39.3 Å². The zero-order valence-electron chi connectivity index (χ0n) is 11.9. The molecule has 1 atom stereocenters. The fourth-order valence-electron chi connectivity index (χ4n) is 2.80. The van der Waals surface area contributed by atoms with Gasteiger partial charge in [-0.15, -0.1) is 10.2 Å². The van der Waals surface area contributed by atoms with Gasteiger partial charge < -0.3 is 9.88 Å². The van der Waals surface area contributed by atoms with E-state index < -0.39 is 0 Å². The molecule has 20 heavy (non-hydrogen) atoms. The molecular weight excluding hydrogens is 250 g/mol. The van der Waals surface area contributed by atoms with Crippen molar-refractivity contribution in [2.75, 3.05) is 6.54 Å². The number of aromatic nitrogens is 4. The maximum Gasteiger partial charge on any atom is 0.133 e. The molecule has 3 rings (SSSR count). The number of pyridine rings is 1. The summed E-state index contributed by atoms with van der Waals surface area (Å²) in [5.41, 5.74) is 1.29. The predicted octanol–water partition coefficient (Wildman–Crippen LogP) is 1.59. The minimum atomic E-state index is 0.672. The third-order valence-corrected chi connectivity index (χ3v) is 3.95. The van der Waals surface area contributed by atoms with E-state index in [1.165, 1.54) is 12.0 Å². The van der Waals surface area contributed by atoms with Gasteiger partial charge in [0.1, 0.15) is 11.6 Å². The Morgan fingerprint density at radius 1 is 1.30 bits per heavy atom. The van der Waals surface area contributed by atoms with Crippen LogP contribution >= 0.6 is 0 Å². The van der Waals surface area contributed by atoms with Crippen LogP contribution in [-0.2, 0) is 25.9 Å². The first kappa shape index (κ1) is 13.2. The van der Waals surface area contributed by atoms with E-state index in [2.05, 4.69) is 44.1 Å². The van der Waals surface area contributed by atoms with E-state index in [4.69, 9.17) is 0 Å². The predicted molar refractivity (Wildman–Crippen MR) is 77.2 cm³/mol. The van der Waals surface area contributed by atoms with Crippen LogP contribution in [-0.4, -0.2) is 26.3 Å². The topological polar surface area (TPSA) is 55.6 Å². The molecule has 1 N–H and O–H groups in total. The molecule has 1 aliphatic rings. The van der Waals surface area contributed by atoms with Gasteiger partial charge in [0.25, 0.3) is 0 Å². The van der Waals surface area contributed by atoms with E-state index in [9.17, 15) is 0 Å². The lowest BCUT2D eigenvalue weighted by molar-refractivity contribution is 0.342. The molecule has 5 nitrogen and oxygen atoms in total. The highest BCUT2D eigenvalue weighted by molar-refractivity contribution is 5.09. The van der Waals surface area contributed by atoms with Crippen molar-refractivity contribution in [3.05, 3.63) is 41.7 Å². The van der Waals surface area contributed by atoms with Crippen LogP contribution in [0.1, 0.15) is 30.6 Å². The molecule has 0 saturated carbocycles. The van der Waals surface area contributed by atoms with Crippen LogP contribution in [0.5, 0.6) is 0 Å². The number of hydrogen-bond donors (Lipinski definition) is 1. The first-order valence-electron chi connectivity index (χ1n) is 7.37. The number of hydrogen-bond acceptors (Lipinski definition) is 4. The molecule has 106 valence electrons. The number of rotatable bonds is 5. The third-order valence-electron chi connectivity index (χ3n) is 3.95. The summed E-state index contributed by atoms with van der Waals surface area (Å²) in [4.78, 5) is 4.04. The summed E-state index contributed by atoms with van der Waals surface area (Å²) in [5.74, 6) is 2.96. The normalized spacial score (nSPS) is 17.9. The second kappa shape index (κ2) is 6.13. The quantitative estimate of drug-likeness (QED) is 0.897. The third kappa shape index (κ3) is 2.88. The van der Waals surface area contributed by atoms with Crippen molar-refractivity contribution in [3.8, 4) is 0 Å². The van der Waals surface area contributed by atoms with Gasteiger partial charge in [-0.1, -0.05) is 6.92 Å². The van der Waals surface area contributed by atoms with Gasteiger partial charge in [-0.3, -0.25) is 4.98 Å². The van der Waals surface area contributed by atoms with Crippen molar-refractivity contribution in [1.82, 2.24) is 25.1 Å². The monoisotopic (exact) mass is 271 g/mol. The minimum absolute atomic E-state index is 0.672. The summed E-state index contributed by atoms with van der Waals surface area (Å²) in [6.45, 7) is 5.15. The SMILES string of the molecule is CCc1nnc2n1C[C@H](CNCc1ccncc1)CC2. The molecule has 0 amide bonds. The fraction of sp³-hybridized carbons (Fsp3) is 0.533. The Morgan fingerprint density at radius 3 is 2.95 bits per heavy atom. The highest BCUT2D eigenvalue weighted by Crippen LogP contribution is 2.19. The first-order valence-corrected chi connectivity index (χ1v) is 7.37. The van der Waals surface area contributed by atoms with E-state index >= 15 is 0 Å². The molecule has 0 saturated heterocycles. The lowest BCUT2D eigenvalue weighted by Crippen LogP contribution is -2.30. The molecule has 1 aliphatic heterocycles.